The molecular weight excluding hydrogens is 220 g/mol. The molecule has 1 rings (SSSR count). The van der Waals surface area contributed by atoms with E-state index in [0.717, 1.165) is 11.3 Å². The number of thioether (sulfide) groups is 1. The Morgan fingerprint density at radius 2 is 2.00 bits per heavy atom. The first-order valence-corrected chi connectivity index (χ1v) is 6.71. The molecule has 0 heterocycles. The van der Waals surface area contributed by atoms with Crippen molar-refractivity contribution in [3.63, 3.8) is 0 Å². The SMILES string of the molecule is CCC(C)COC(=O)c1ccc(SC)cc1. The van der Waals surface area contributed by atoms with Crippen molar-refractivity contribution in [2.45, 2.75) is 25.2 Å². The number of esters is 1. The summed E-state index contributed by atoms with van der Waals surface area (Å²) >= 11 is 1.66. The average Bonchev–Trinajstić information content (AvgIpc) is 2.35. The number of hydrogen-bond acceptors (Lipinski definition) is 3. The molecule has 0 aliphatic heterocycles. The maximum Gasteiger partial charge on any atom is 0.338 e. The molecule has 1 aromatic carbocycles. The van der Waals surface area contributed by atoms with E-state index in [-0.39, 0.29) is 5.97 Å². The molecule has 0 aromatic heterocycles. The quantitative estimate of drug-likeness (QED) is 0.579. The third kappa shape index (κ3) is 3.89. The monoisotopic (exact) mass is 238 g/mol. The second-order valence-corrected chi connectivity index (χ2v) is 4.72. The summed E-state index contributed by atoms with van der Waals surface area (Å²) in [4.78, 5) is 12.8. The summed E-state index contributed by atoms with van der Waals surface area (Å²) in [6.45, 7) is 4.66. The normalized spacial score (nSPS) is 12.2. The Kier molecular flexibility index (Phi) is 5.39. The zero-order chi connectivity index (χ0) is 12.0. The molecule has 0 saturated carbocycles. The summed E-state index contributed by atoms with van der Waals surface area (Å²) in [5.74, 6) is 0.197. The minimum Gasteiger partial charge on any atom is -0.462 e. The predicted octanol–water partition coefficient (Wildman–Crippen LogP) is 3.61. The first kappa shape index (κ1) is 13.1. The van der Waals surface area contributed by atoms with Gasteiger partial charge in [-0.2, -0.15) is 0 Å². The van der Waals surface area contributed by atoms with Crippen LogP contribution >= 0.6 is 11.8 Å². The van der Waals surface area contributed by atoms with Crippen LogP contribution in [0.2, 0.25) is 0 Å². The molecule has 2 nitrogen and oxygen atoms in total. The molecule has 3 heteroatoms. The van der Waals surface area contributed by atoms with Gasteiger partial charge in [0.25, 0.3) is 0 Å². The maximum absolute atomic E-state index is 11.6. The zero-order valence-electron chi connectivity index (χ0n) is 10.0. The summed E-state index contributed by atoms with van der Waals surface area (Å²) in [6.07, 6.45) is 3.04. The van der Waals surface area contributed by atoms with E-state index in [4.69, 9.17) is 4.74 Å². The van der Waals surface area contributed by atoms with Gasteiger partial charge in [0.2, 0.25) is 0 Å². The lowest BCUT2D eigenvalue weighted by molar-refractivity contribution is 0.0447. The van der Waals surface area contributed by atoms with Crippen LogP contribution in [-0.4, -0.2) is 18.8 Å². The number of benzene rings is 1. The van der Waals surface area contributed by atoms with Gasteiger partial charge in [-0.3, -0.25) is 0 Å². The van der Waals surface area contributed by atoms with Crippen LogP contribution in [-0.2, 0) is 4.74 Å². The molecule has 0 aliphatic rings. The van der Waals surface area contributed by atoms with Gasteiger partial charge in [-0.1, -0.05) is 20.3 Å². The highest BCUT2D eigenvalue weighted by molar-refractivity contribution is 7.98. The number of carbonyl (C=O) groups excluding carboxylic acids is 1. The lowest BCUT2D eigenvalue weighted by atomic mass is 10.1. The molecule has 0 N–H and O–H groups in total. The van der Waals surface area contributed by atoms with Crippen LogP contribution < -0.4 is 0 Å². The Bertz CT molecular complexity index is 332. The topological polar surface area (TPSA) is 26.3 Å². The van der Waals surface area contributed by atoms with E-state index in [1.807, 2.05) is 30.5 Å². The molecule has 1 atom stereocenters. The molecule has 0 saturated heterocycles. The van der Waals surface area contributed by atoms with Gasteiger partial charge in [-0.05, 0) is 36.4 Å². The van der Waals surface area contributed by atoms with E-state index in [0.29, 0.717) is 18.1 Å². The smallest absolute Gasteiger partial charge is 0.338 e. The van der Waals surface area contributed by atoms with Gasteiger partial charge in [0.05, 0.1) is 12.2 Å². The fourth-order valence-corrected chi connectivity index (χ4v) is 1.55. The van der Waals surface area contributed by atoms with E-state index >= 15 is 0 Å². The number of carbonyl (C=O) groups is 1. The Morgan fingerprint density at radius 3 is 2.50 bits per heavy atom. The number of ether oxygens (including phenoxy) is 1. The van der Waals surface area contributed by atoms with Gasteiger partial charge < -0.3 is 4.74 Å². The van der Waals surface area contributed by atoms with Crippen LogP contribution in [0.25, 0.3) is 0 Å². The van der Waals surface area contributed by atoms with Crippen LogP contribution in [0.3, 0.4) is 0 Å². The van der Waals surface area contributed by atoms with Crippen LogP contribution in [0.4, 0.5) is 0 Å². The maximum atomic E-state index is 11.6. The molecule has 16 heavy (non-hydrogen) atoms. The van der Waals surface area contributed by atoms with Crippen LogP contribution in [0, 0.1) is 5.92 Å². The van der Waals surface area contributed by atoms with Crippen LogP contribution in [0.5, 0.6) is 0 Å². The predicted molar refractivity (Wildman–Crippen MR) is 68.0 cm³/mol. The van der Waals surface area contributed by atoms with Gasteiger partial charge in [0.15, 0.2) is 0 Å². The molecule has 0 amide bonds. The van der Waals surface area contributed by atoms with E-state index in [1.54, 1.807) is 11.8 Å². The Balaban J connectivity index is 2.52. The van der Waals surface area contributed by atoms with Crippen molar-refractivity contribution in [3.8, 4) is 0 Å². The minimum absolute atomic E-state index is 0.229. The summed E-state index contributed by atoms with van der Waals surface area (Å²) in [7, 11) is 0. The molecule has 0 bridgehead atoms. The van der Waals surface area contributed by atoms with Gasteiger partial charge in [-0.25, -0.2) is 4.79 Å². The van der Waals surface area contributed by atoms with Crippen molar-refractivity contribution in [3.05, 3.63) is 29.8 Å². The Labute approximate surface area is 101 Å². The first-order chi connectivity index (χ1) is 7.67. The molecule has 1 aromatic rings. The highest BCUT2D eigenvalue weighted by atomic mass is 32.2. The molecule has 0 aliphatic carbocycles. The highest BCUT2D eigenvalue weighted by Crippen LogP contribution is 2.15. The third-order valence-electron chi connectivity index (χ3n) is 2.52. The Hall–Kier alpha value is -0.960. The van der Waals surface area contributed by atoms with Crippen molar-refractivity contribution in [1.82, 2.24) is 0 Å². The summed E-state index contributed by atoms with van der Waals surface area (Å²) in [5, 5.41) is 0. The largest absolute Gasteiger partial charge is 0.462 e. The van der Waals surface area contributed by atoms with Crippen molar-refractivity contribution in [1.29, 1.82) is 0 Å². The zero-order valence-corrected chi connectivity index (χ0v) is 10.8. The van der Waals surface area contributed by atoms with E-state index < -0.39 is 0 Å². The van der Waals surface area contributed by atoms with Crippen molar-refractivity contribution >= 4 is 17.7 Å². The lowest BCUT2D eigenvalue weighted by Crippen LogP contribution is -2.11. The van der Waals surface area contributed by atoms with Gasteiger partial charge >= 0.3 is 5.97 Å². The molecular formula is C13H18O2S. The first-order valence-electron chi connectivity index (χ1n) is 5.48. The van der Waals surface area contributed by atoms with E-state index in [9.17, 15) is 4.79 Å². The second-order valence-electron chi connectivity index (χ2n) is 3.84. The van der Waals surface area contributed by atoms with Crippen molar-refractivity contribution in [2.24, 2.45) is 5.92 Å². The fourth-order valence-electron chi connectivity index (χ4n) is 1.15. The third-order valence-corrected chi connectivity index (χ3v) is 3.27. The van der Waals surface area contributed by atoms with Gasteiger partial charge in [0.1, 0.15) is 0 Å². The van der Waals surface area contributed by atoms with Crippen LogP contribution in [0.15, 0.2) is 29.2 Å². The molecule has 0 fully saturated rings. The number of hydrogen-bond donors (Lipinski definition) is 0. The van der Waals surface area contributed by atoms with E-state index in [1.165, 1.54) is 0 Å². The number of rotatable bonds is 5. The lowest BCUT2D eigenvalue weighted by Gasteiger charge is -2.09. The summed E-state index contributed by atoms with van der Waals surface area (Å²) in [6, 6.07) is 7.49. The Morgan fingerprint density at radius 1 is 1.38 bits per heavy atom. The molecule has 0 radical (unpaired) electrons. The molecule has 88 valence electrons. The fraction of sp³-hybridized carbons (Fsp3) is 0.462. The van der Waals surface area contributed by atoms with Crippen LogP contribution in [0.1, 0.15) is 30.6 Å². The molecule has 1 unspecified atom stereocenters. The van der Waals surface area contributed by atoms with Crippen molar-refractivity contribution in [2.75, 3.05) is 12.9 Å². The summed E-state index contributed by atoms with van der Waals surface area (Å²) in [5.41, 5.74) is 0.626. The van der Waals surface area contributed by atoms with Crippen molar-refractivity contribution < 1.29 is 9.53 Å². The second kappa shape index (κ2) is 6.59. The standard InChI is InChI=1S/C13H18O2S/c1-4-10(2)9-15-13(14)11-5-7-12(16-3)8-6-11/h5-8,10H,4,9H2,1-3H3. The summed E-state index contributed by atoms with van der Waals surface area (Å²) < 4.78 is 5.21. The van der Waals surface area contributed by atoms with Gasteiger partial charge in [-0.15, -0.1) is 11.8 Å². The van der Waals surface area contributed by atoms with E-state index in [2.05, 4.69) is 13.8 Å². The highest BCUT2D eigenvalue weighted by Gasteiger charge is 2.08. The average molecular weight is 238 g/mol. The van der Waals surface area contributed by atoms with Gasteiger partial charge in [0, 0.05) is 4.90 Å². The minimum atomic E-state index is -0.229. The molecule has 0 spiro atoms.